The zero-order valence-electron chi connectivity index (χ0n) is 50.4. The van der Waals surface area contributed by atoms with Crippen molar-refractivity contribution >= 4 is 44.6 Å². The minimum absolute atomic E-state index is 0. The summed E-state index contributed by atoms with van der Waals surface area (Å²) >= 11 is 0. The molecule has 2 aromatic heterocycles. The van der Waals surface area contributed by atoms with Crippen LogP contribution in [0.1, 0.15) is 164 Å². The molecule has 412 valence electrons. The Labute approximate surface area is 487 Å². The van der Waals surface area contributed by atoms with Crippen LogP contribution in [-0.2, 0) is 53.6 Å². The Morgan fingerprint density at radius 2 is 1.04 bits per heavy atom. The zero-order chi connectivity index (χ0) is 56.2. The molecule has 10 rings (SSSR count). The molecule has 1 aliphatic heterocycles. The molecule has 79 heavy (non-hydrogen) atoms. The summed E-state index contributed by atoms with van der Waals surface area (Å²) in [5.74, 6) is 2.05. The summed E-state index contributed by atoms with van der Waals surface area (Å²) in [4.78, 5) is 9.65. The van der Waals surface area contributed by atoms with Crippen molar-refractivity contribution in [1.29, 1.82) is 0 Å². The number of anilines is 4. The van der Waals surface area contributed by atoms with Crippen molar-refractivity contribution in [3.05, 3.63) is 197 Å². The number of benzene rings is 7. The maximum absolute atomic E-state index is 6.82. The second kappa shape index (κ2) is 20.3. The van der Waals surface area contributed by atoms with Gasteiger partial charge in [0.05, 0.1) is 0 Å². The minimum atomic E-state index is -0.165. The average Bonchev–Trinajstić information content (AvgIpc) is 4.18. The van der Waals surface area contributed by atoms with E-state index >= 15 is 0 Å². The van der Waals surface area contributed by atoms with Crippen molar-refractivity contribution in [3.8, 4) is 39.6 Å². The van der Waals surface area contributed by atoms with E-state index in [9.17, 15) is 0 Å². The van der Waals surface area contributed by atoms with Gasteiger partial charge in [-0.25, -0.2) is 4.98 Å². The first-order valence-corrected chi connectivity index (χ1v) is 28.0. The number of ether oxygens (including phenoxy) is 1. The van der Waals surface area contributed by atoms with Crippen LogP contribution in [0.2, 0.25) is 0 Å². The molecular weight excluding hydrogens is 1140 g/mol. The molecule has 0 unspecified atom stereocenters. The normalized spacial score (nSPS) is 13.6. The van der Waals surface area contributed by atoms with Gasteiger partial charge in [-0.15, -0.1) is 48.1 Å². The standard InChI is InChI=1S/C73H81N4O.Pt/c1-46-59(71(11,12)13)36-35-56(66(46)73(17,18)19)58-40-49(70(8,9)10)39-57(53-33-31-47(68(2,3)4)41-60(53)72(14,15)16)67(58)76-45-75(62-29-22-23-30-63(62)76)50-25-24-26-51(43-50)78-52-32-34-55-54-27-20-21-28-61(54)77(64(55)44-52)65-42-48(37-38-74-65)69(5,6)7;/h20-42,45H,1-19H3;/q-3;. The molecule has 0 bridgehead atoms. The smallest absolute Gasteiger partial charge is 0.135 e. The van der Waals surface area contributed by atoms with Gasteiger partial charge in [0.25, 0.3) is 0 Å². The van der Waals surface area contributed by atoms with Crippen molar-refractivity contribution in [2.75, 3.05) is 9.80 Å². The Kier molecular flexibility index (Phi) is 14.7. The molecule has 0 saturated heterocycles. The number of hydrogen-bond acceptors (Lipinski definition) is 4. The van der Waals surface area contributed by atoms with Crippen LogP contribution in [-0.4, -0.2) is 9.55 Å². The molecule has 0 saturated carbocycles. The van der Waals surface area contributed by atoms with Gasteiger partial charge < -0.3 is 19.1 Å². The van der Waals surface area contributed by atoms with E-state index in [0.717, 1.165) is 50.4 Å². The number of fused-ring (bicyclic) bond motifs is 4. The summed E-state index contributed by atoms with van der Waals surface area (Å²) in [5.41, 5.74) is 19.8. The van der Waals surface area contributed by atoms with E-state index in [1.807, 2.05) is 18.3 Å². The molecule has 0 spiro atoms. The van der Waals surface area contributed by atoms with E-state index in [-0.39, 0.29) is 53.6 Å². The number of para-hydroxylation sites is 3. The number of rotatable bonds is 7. The molecule has 7 aromatic carbocycles. The number of aromatic nitrogens is 2. The van der Waals surface area contributed by atoms with E-state index in [0.29, 0.717) is 11.5 Å². The Hall–Kier alpha value is -6.42. The van der Waals surface area contributed by atoms with Gasteiger partial charge in [0.1, 0.15) is 5.82 Å². The maximum Gasteiger partial charge on any atom is 0.135 e. The van der Waals surface area contributed by atoms with Crippen LogP contribution in [0.5, 0.6) is 11.5 Å². The summed E-state index contributed by atoms with van der Waals surface area (Å²) in [7, 11) is 0. The van der Waals surface area contributed by atoms with Crippen LogP contribution in [0.3, 0.4) is 0 Å². The van der Waals surface area contributed by atoms with Gasteiger partial charge in [-0.3, -0.25) is 0 Å². The van der Waals surface area contributed by atoms with Crippen LogP contribution in [0, 0.1) is 25.7 Å². The predicted octanol–water partition coefficient (Wildman–Crippen LogP) is 20.4. The fraction of sp³-hybridized carbons (Fsp3) is 0.342. The Balaban J connectivity index is 0.00000757. The average molecular weight is 1230 g/mol. The monoisotopic (exact) mass is 1220 g/mol. The molecule has 0 N–H and O–H groups in total. The van der Waals surface area contributed by atoms with Crippen molar-refractivity contribution in [2.45, 2.75) is 164 Å². The first kappa shape index (κ1) is 57.3. The zero-order valence-corrected chi connectivity index (χ0v) is 52.6. The summed E-state index contributed by atoms with van der Waals surface area (Å²) in [6.45, 7) is 46.6. The molecule has 0 radical (unpaired) electrons. The van der Waals surface area contributed by atoms with Gasteiger partial charge in [0, 0.05) is 72.5 Å². The van der Waals surface area contributed by atoms with E-state index in [4.69, 9.17) is 9.72 Å². The summed E-state index contributed by atoms with van der Waals surface area (Å²) < 4.78 is 9.03. The molecular formula is C73H81N4OPt-3. The molecule has 1 aliphatic rings. The Morgan fingerprint density at radius 1 is 0.456 bits per heavy atom. The summed E-state index contributed by atoms with van der Waals surface area (Å²) in [6.07, 6.45) is 1.91. The van der Waals surface area contributed by atoms with E-state index in [1.165, 1.54) is 61.2 Å². The van der Waals surface area contributed by atoms with Gasteiger partial charge in [-0.2, -0.15) is 12.1 Å². The number of hydrogen-bond donors (Lipinski definition) is 0. The molecule has 3 heterocycles. The first-order chi connectivity index (χ1) is 36.4. The van der Waals surface area contributed by atoms with E-state index < -0.39 is 0 Å². The minimum Gasteiger partial charge on any atom is -0.509 e. The van der Waals surface area contributed by atoms with Crippen LogP contribution in [0.25, 0.3) is 49.9 Å². The molecule has 9 aromatic rings. The quantitative estimate of drug-likeness (QED) is 0.149. The van der Waals surface area contributed by atoms with Gasteiger partial charge in [0.15, 0.2) is 0 Å². The molecule has 0 fully saturated rings. The van der Waals surface area contributed by atoms with E-state index in [2.05, 4.69) is 286 Å². The van der Waals surface area contributed by atoms with Crippen molar-refractivity contribution in [1.82, 2.24) is 9.55 Å². The van der Waals surface area contributed by atoms with Crippen molar-refractivity contribution in [3.63, 3.8) is 0 Å². The Bertz CT molecular complexity index is 3780. The first-order valence-electron chi connectivity index (χ1n) is 28.0. The van der Waals surface area contributed by atoms with Crippen molar-refractivity contribution in [2.24, 2.45) is 0 Å². The second-order valence-electron chi connectivity index (χ2n) is 28.0. The molecule has 0 amide bonds. The molecule has 6 heteroatoms. The maximum atomic E-state index is 6.82. The summed E-state index contributed by atoms with van der Waals surface area (Å²) in [6, 6.07) is 56.4. The second-order valence-corrected chi connectivity index (χ2v) is 28.0. The number of nitrogens with zero attached hydrogens (tertiary/aromatic N) is 4. The fourth-order valence-corrected chi connectivity index (χ4v) is 11.7. The largest absolute Gasteiger partial charge is 0.509 e. The predicted molar refractivity (Wildman–Crippen MR) is 332 cm³/mol. The topological polar surface area (TPSA) is 33.5 Å². The Morgan fingerprint density at radius 3 is 1.67 bits per heavy atom. The van der Waals surface area contributed by atoms with Crippen molar-refractivity contribution < 1.29 is 25.8 Å². The van der Waals surface area contributed by atoms with Gasteiger partial charge >= 0.3 is 0 Å². The SMILES string of the molecule is Cc1c(C(C)(C)C)ccc(-c2cc(C(C)(C)C)cc(-c3ccc(C(C)(C)C)cc3C(C)(C)C)c2N2[CH-]N(c3[c-]c(Oc4[c-]c5c(cc4)c4ccccc4n5-c4cc(C(C)(C)C)ccn4)ccc3)c3ccccc32)c1C(C)(C)C.[Pt]. The van der Waals surface area contributed by atoms with Gasteiger partial charge in [-0.05, 0) is 137 Å². The third kappa shape index (κ3) is 10.9. The van der Waals surface area contributed by atoms with Crippen LogP contribution >= 0.6 is 0 Å². The fourth-order valence-electron chi connectivity index (χ4n) is 11.7. The number of pyridine rings is 1. The van der Waals surface area contributed by atoms with Crippen LogP contribution in [0.4, 0.5) is 22.7 Å². The van der Waals surface area contributed by atoms with Crippen LogP contribution < -0.4 is 14.5 Å². The third-order valence-electron chi connectivity index (χ3n) is 15.8. The summed E-state index contributed by atoms with van der Waals surface area (Å²) in [5, 5.41) is 2.23. The van der Waals surface area contributed by atoms with Gasteiger partial charge in [-0.1, -0.05) is 191 Å². The molecule has 5 nitrogen and oxygen atoms in total. The van der Waals surface area contributed by atoms with Gasteiger partial charge in [0.2, 0.25) is 0 Å². The third-order valence-corrected chi connectivity index (χ3v) is 15.8. The molecule has 0 atom stereocenters. The molecule has 0 aliphatic carbocycles. The van der Waals surface area contributed by atoms with E-state index in [1.54, 1.807) is 0 Å². The van der Waals surface area contributed by atoms with Crippen LogP contribution in [0.15, 0.2) is 140 Å².